The molecule has 0 aliphatic heterocycles. The summed E-state index contributed by atoms with van der Waals surface area (Å²) in [6.07, 6.45) is 7.50. The number of carbonyl (C=O) groups is 1. The first kappa shape index (κ1) is 18.9. The van der Waals surface area contributed by atoms with Gasteiger partial charge in [-0.3, -0.25) is 4.79 Å². The van der Waals surface area contributed by atoms with Gasteiger partial charge in [0.25, 0.3) is 0 Å². The van der Waals surface area contributed by atoms with E-state index in [0.29, 0.717) is 36.5 Å². The van der Waals surface area contributed by atoms with Crippen molar-refractivity contribution in [2.45, 2.75) is 99.0 Å². The van der Waals surface area contributed by atoms with Crippen LogP contribution in [0, 0.1) is 58.1 Å². The first-order chi connectivity index (χ1) is 15.2. The van der Waals surface area contributed by atoms with E-state index in [9.17, 15) is 11.3 Å². The molecule has 2 nitrogen and oxygen atoms in total. The fourth-order valence-electron chi connectivity index (χ4n) is 7.85. The lowest BCUT2D eigenvalue weighted by molar-refractivity contribution is -0.159. The summed E-state index contributed by atoms with van der Waals surface area (Å²) in [5, 5.41) is 10.3. The van der Waals surface area contributed by atoms with E-state index in [4.69, 9.17) is 2.74 Å². The van der Waals surface area contributed by atoms with Crippen LogP contribution in [0.1, 0.15) is 97.0 Å². The minimum atomic E-state index is -1.99. The van der Waals surface area contributed by atoms with Crippen molar-refractivity contribution in [2.24, 2.45) is 58.1 Å². The molecule has 0 heterocycles. The van der Waals surface area contributed by atoms with E-state index in [2.05, 4.69) is 53.7 Å². The Morgan fingerprint density at radius 2 is 1.70 bits per heavy atom. The molecule has 0 amide bonds. The van der Waals surface area contributed by atoms with Gasteiger partial charge in [0, 0.05) is 16.4 Å². The van der Waals surface area contributed by atoms with E-state index in [1.807, 2.05) is 0 Å². The number of carbonyl (C=O) groups excluding carboxylic acids is 1. The number of aliphatic hydroxyl groups excluding tert-OH is 1. The quantitative estimate of drug-likeness (QED) is 0.519. The molecule has 170 valence electrons. The van der Waals surface area contributed by atoms with Crippen LogP contribution in [0.2, 0.25) is 0 Å². The number of hydrogen-bond acceptors (Lipinski definition) is 2. The molecule has 10 atom stereocenters. The van der Waals surface area contributed by atoms with Crippen LogP contribution in [0.4, 0.5) is 0 Å². The minimum Gasteiger partial charge on any atom is -0.393 e. The Hall–Kier alpha value is -0.630. The molecule has 0 radical (unpaired) electrons. The molecule has 4 saturated carbocycles. The van der Waals surface area contributed by atoms with Crippen molar-refractivity contribution in [1.29, 1.82) is 0 Å². The third kappa shape index (κ3) is 3.54. The maximum absolute atomic E-state index is 13.7. The first-order valence-corrected chi connectivity index (χ1v) is 12.6. The summed E-state index contributed by atoms with van der Waals surface area (Å²) in [6, 6.07) is 0. The highest BCUT2D eigenvalue weighted by molar-refractivity contribution is 5.83. The molecule has 4 fully saturated rings. The van der Waals surface area contributed by atoms with Crippen LogP contribution in [0.3, 0.4) is 0 Å². The average molecular weight is 418 g/mol. The number of Topliss-reactive ketones (excluding diaryl/α,β-unsaturated/α-hetero) is 1. The van der Waals surface area contributed by atoms with Gasteiger partial charge in [0.2, 0.25) is 0 Å². The molecule has 0 aromatic rings. The highest BCUT2D eigenvalue weighted by Gasteiger charge is 2.62. The molecule has 1 N–H and O–H groups in total. The number of hydrogen-bond donors (Lipinski definition) is 1. The molecule has 0 bridgehead atoms. The molecule has 30 heavy (non-hydrogen) atoms. The third-order valence-electron chi connectivity index (χ3n) is 10.3. The summed E-state index contributed by atoms with van der Waals surface area (Å²) >= 11 is 0. The molecule has 0 unspecified atom stereocenters. The third-order valence-corrected chi connectivity index (χ3v) is 10.3. The van der Waals surface area contributed by atoms with Gasteiger partial charge in [-0.25, -0.2) is 0 Å². The summed E-state index contributed by atoms with van der Waals surface area (Å²) < 4.78 is 27.3. The standard InChI is InChI=1S/C28H46O2/c1-17(2)18(3)7-8-19(4)22-9-10-23-21-16-26(30)25-15-20(29)11-13-28(25,6)24(21)12-14-27(22,23)5/h7-8,17-25,29H,9-16H2,1-6H3/b8-7+/t18-,19+,20-,21-,22+,23-,24-,25+,27+,28+/m0/s1/i16D2,25D. The van der Waals surface area contributed by atoms with Crippen LogP contribution < -0.4 is 0 Å². The topological polar surface area (TPSA) is 37.3 Å². The van der Waals surface area contributed by atoms with Gasteiger partial charge in [-0.1, -0.05) is 53.7 Å². The predicted molar refractivity (Wildman–Crippen MR) is 124 cm³/mol. The van der Waals surface area contributed by atoms with Crippen LogP contribution >= 0.6 is 0 Å². The first-order valence-electron chi connectivity index (χ1n) is 14.1. The van der Waals surface area contributed by atoms with Gasteiger partial charge in [-0.15, -0.1) is 0 Å². The van der Waals surface area contributed by atoms with Crippen LogP contribution in [0.15, 0.2) is 12.2 Å². The van der Waals surface area contributed by atoms with E-state index in [-0.39, 0.29) is 29.6 Å². The molecular weight excluding hydrogens is 368 g/mol. The van der Waals surface area contributed by atoms with Gasteiger partial charge in [0.15, 0.2) is 0 Å². The molecule has 4 aliphatic carbocycles. The zero-order valence-corrected chi connectivity index (χ0v) is 20.1. The number of aliphatic hydroxyl groups is 1. The maximum Gasteiger partial charge on any atom is 0.136 e. The van der Waals surface area contributed by atoms with Gasteiger partial charge < -0.3 is 5.11 Å². The Balaban J connectivity index is 1.67. The smallest absolute Gasteiger partial charge is 0.136 e. The normalized spacial score (nSPS) is 53.9. The van der Waals surface area contributed by atoms with Crippen LogP contribution in [0.25, 0.3) is 0 Å². The van der Waals surface area contributed by atoms with Crippen molar-refractivity contribution in [1.82, 2.24) is 0 Å². The van der Waals surface area contributed by atoms with E-state index >= 15 is 0 Å². The second-order valence-electron chi connectivity index (χ2n) is 12.1. The van der Waals surface area contributed by atoms with Gasteiger partial charge in [-0.2, -0.15) is 0 Å². The Morgan fingerprint density at radius 3 is 2.40 bits per heavy atom. The van der Waals surface area contributed by atoms with Crippen molar-refractivity contribution in [3.05, 3.63) is 12.2 Å². The highest BCUT2D eigenvalue weighted by Crippen LogP contribution is 2.67. The molecule has 0 saturated heterocycles. The van der Waals surface area contributed by atoms with Crippen molar-refractivity contribution in [2.75, 3.05) is 0 Å². The van der Waals surface area contributed by atoms with Crippen LogP contribution in [0.5, 0.6) is 0 Å². The Morgan fingerprint density at radius 1 is 1.03 bits per heavy atom. The van der Waals surface area contributed by atoms with Crippen LogP contribution in [-0.2, 0) is 4.79 Å². The number of fused-ring (bicyclic) bond motifs is 5. The van der Waals surface area contributed by atoms with Crippen molar-refractivity contribution in [3.8, 4) is 0 Å². The molecule has 0 aromatic carbocycles. The van der Waals surface area contributed by atoms with E-state index in [1.54, 1.807) is 0 Å². The molecule has 4 rings (SSSR count). The summed E-state index contributed by atoms with van der Waals surface area (Å²) in [5.74, 6) is -0.0226. The van der Waals surface area contributed by atoms with E-state index in [1.165, 1.54) is 0 Å². The summed E-state index contributed by atoms with van der Waals surface area (Å²) in [7, 11) is 0. The molecular formula is C28H46O2. The SMILES string of the molecule is [2H]C1([2H])C(=O)[C@@]2([2H])C[C@@H](O)CC[C@]2(C)[C@H]2CC[C@]3(C)[C@@H]([C@H](C)/C=C/[C@H](C)C(C)C)CC[C@H]3[C@@H]21. The van der Waals surface area contributed by atoms with Gasteiger partial charge in [0.05, 0.1) is 6.10 Å². The van der Waals surface area contributed by atoms with Crippen molar-refractivity contribution < 1.29 is 14.0 Å². The van der Waals surface area contributed by atoms with Gasteiger partial charge in [0.1, 0.15) is 5.78 Å². The fraction of sp³-hybridized carbons (Fsp3) is 0.893. The van der Waals surface area contributed by atoms with Crippen molar-refractivity contribution in [3.63, 3.8) is 0 Å². The average Bonchev–Trinajstić information content (AvgIpc) is 3.09. The number of rotatable bonds is 4. The monoisotopic (exact) mass is 417 g/mol. The predicted octanol–water partition coefficient (Wildman–Crippen LogP) is 6.67. The van der Waals surface area contributed by atoms with Crippen LogP contribution in [-0.4, -0.2) is 17.0 Å². The lowest BCUT2D eigenvalue weighted by Crippen LogP contribution is -2.57. The van der Waals surface area contributed by atoms with Gasteiger partial charge in [-0.05, 0) is 97.2 Å². The Bertz CT molecular complexity index is 809. The second-order valence-corrected chi connectivity index (χ2v) is 12.1. The molecule has 0 spiro atoms. The van der Waals surface area contributed by atoms with Gasteiger partial charge >= 0.3 is 0 Å². The Kier molecular flexibility index (Phi) is 5.07. The maximum atomic E-state index is 13.7. The molecule has 2 heteroatoms. The number of ketones is 1. The Labute approximate surface area is 189 Å². The van der Waals surface area contributed by atoms with E-state index < -0.39 is 29.6 Å². The lowest BCUT2D eigenvalue weighted by Gasteiger charge is -2.60. The zero-order chi connectivity index (χ0) is 24.6. The molecule has 0 aromatic heterocycles. The summed E-state index contributed by atoms with van der Waals surface area (Å²) in [5.41, 5.74) is -0.511. The van der Waals surface area contributed by atoms with Crippen molar-refractivity contribution >= 4 is 5.78 Å². The second kappa shape index (κ2) is 8.05. The fourth-order valence-corrected chi connectivity index (χ4v) is 7.85. The lowest BCUT2D eigenvalue weighted by atomic mass is 9.44. The summed E-state index contributed by atoms with van der Waals surface area (Å²) in [6.45, 7) is 13.6. The largest absolute Gasteiger partial charge is 0.393 e. The zero-order valence-electron chi connectivity index (χ0n) is 23.1. The summed E-state index contributed by atoms with van der Waals surface area (Å²) in [4.78, 5) is 13.7. The van der Waals surface area contributed by atoms with E-state index in [0.717, 1.165) is 25.7 Å². The molecule has 4 aliphatic rings. The minimum absolute atomic E-state index is 0.0339. The highest BCUT2D eigenvalue weighted by atomic mass is 16.3. The number of allylic oxidation sites excluding steroid dienone is 2.